The number of hydrogen-bond acceptors (Lipinski definition) is 2. The topological polar surface area (TPSA) is 50.7 Å². The molecule has 1 N–H and O–H groups in total. The van der Waals surface area contributed by atoms with Crippen LogP contribution in [0.2, 0.25) is 0 Å². The molecule has 0 amide bonds. The van der Waals surface area contributed by atoms with Crippen molar-refractivity contribution in [2.24, 2.45) is 0 Å². The molecule has 0 unspecified atom stereocenters. The standard InChI is InChI=1S/C8H13N3O/c1-4-5-11-7(6(2)3)9-10-8(11)12/h4,6H,1,5H2,2-3H3,(H,10,12). The maximum Gasteiger partial charge on any atom is 0.343 e. The number of H-pyrrole nitrogens is 1. The summed E-state index contributed by atoms with van der Waals surface area (Å²) >= 11 is 0. The average molecular weight is 167 g/mol. The number of allylic oxidation sites excluding steroid dienone is 1. The largest absolute Gasteiger partial charge is 0.343 e. The first-order valence-electron chi connectivity index (χ1n) is 3.92. The molecule has 1 aromatic heterocycles. The second-order valence-corrected chi connectivity index (χ2v) is 2.94. The fourth-order valence-corrected chi connectivity index (χ4v) is 1.08. The molecule has 0 atom stereocenters. The third-order valence-corrected chi connectivity index (χ3v) is 1.62. The number of aromatic amines is 1. The van der Waals surface area contributed by atoms with E-state index in [2.05, 4.69) is 16.8 Å². The molecule has 66 valence electrons. The van der Waals surface area contributed by atoms with Crippen LogP contribution >= 0.6 is 0 Å². The predicted octanol–water partition coefficient (Wildman–Crippen LogP) is 0.881. The lowest BCUT2D eigenvalue weighted by Crippen LogP contribution is -2.18. The Labute approximate surface area is 70.9 Å². The van der Waals surface area contributed by atoms with Crippen molar-refractivity contribution in [3.8, 4) is 0 Å². The fraction of sp³-hybridized carbons (Fsp3) is 0.500. The van der Waals surface area contributed by atoms with Crippen LogP contribution in [0.4, 0.5) is 0 Å². The molecule has 1 aromatic rings. The van der Waals surface area contributed by atoms with E-state index >= 15 is 0 Å². The van der Waals surface area contributed by atoms with E-state index in [0.29, 0.717) is 6.54 Å². The maximum atomic E-state index is 11.1. The minimum absolute atomic E-state index is 0.168. The second kappa shape index (κ2) is 3.38. The Morgan fingerprint density at radius 2 is 2.42 bits per heavy atom. The first kappa shape index (κ1) is 8.77. The molecule has 0 radical (unpaired) electrons. The Balaban J connectivity index is 3.12. The zero-order valence-electron chi connectivity index (χ0n) is 7.37. The summed E-state index contributed by atoms with van der Waals surface area (Å²) in [4.78, 5) is 11.1. The molecule has 0 saturated carbocycles. The molecule has 0 bridgehead atoms. The predicted molar refractivity (Wildman–Crippen MR) is 47.1 cm³/mol. The van der Waals surface area contributed by atoms with Gasteiger partial charge in [-0.1, -0.05) is 19.9 Å². The van der Waals surface area contributed by atoms with Crippen molar-refractivity contribution in [1.29, 1.82) is 0 Å². The first-order chi connectivity index (χ1) is 5.66. The van der Waals surface area contributed by atoms with Gasteiger partial charge in [0.25, 0.3) is 0 Å². The Bertz CT molecular complexity index is 321. The van der Waals surface area contributed by atoms with E-state index in [1.165, 1.54) is 0 Å². The highest BCUT2D eigenvalue weighted by atomic mass is 16.1. The van der Waals surface area contributed by atoms with Gasteiger partial charge in [0.15, 0.2) is 0 Å². The number of nitrogens with zero attached hydrogens (tertiary/aromatic N) is 2. The molecule has 0 aliphatic carbocycles. The molecule has 4 nitrogen and oxygen atoms in total. The van der Waals surface area contributed by atoms with Gasteiger partial charge in [-0.15, -0.1) is 6.58 Å². The Kier molecular flexibility index (Phi) is 2.47. The van der Waals surface area contributed by atoms with Crippen molar-refractivity contribution in [1.82, 2.24) is 14.8 Å². The zero-order chi connectivity index (χ0) is 9.14. The molecule has 1 rings (SSSR count). The van der Waals surface area contributed by atoms with Gasteiger partial charge in [-0.3, -0.25) is 4.57 Å². The SMILES string of the molecule is C=CCn1c(C(C)C)n[nH]c1=O. The number of aromatic nitrogens is 3. The van der Waals surface area contributed by atoms with E-state index in [1.54, 1.807) is 10.6 Å². The summed E-state index contributed by atoms with van der Waals surface area (Å²) in [5.41, 5.74) is -0.168. The van der Waals surface area contributed by atoms with E-state index in [9.17, 15) is 4.79 Å². The van der Waals surface area contributed by atoms with Gasteiger partial charge in [0, 0.05) is 12.5 Å². The van der Waals surface area contributed by atoms with Crippen LogP contribution in [0.5, 0.6) is 0 Å². The number of nitrogens with one attached hydrogen (secondary N) is 1. The van der Waals surface area contributed by atoms with E-state index in [0.717, 1.165) is 5.82 Å². The molecule has 0 fully saturated rings. The van der Waals surface area contributed by atoms with Gasteiger partial charge >= 0.3 is 5.69 Å². The van der Waals surface area contributed by atoms with Crippen molar-refractivity contribution in [2.75, 3.05) is 0 Å². The summed E-state index contributed by atoms with van der Waals surface area (Å²) in [5.74, 6) is 1.03. The van der Waals surface area contributed by atoms with E-state index in [4.69, 9.17) is 0 Å². The van der Waals surface area contributed by atoms with Crippen molar-refractivity contribution in [3.05, 3.63) is 29.0 Å². The second-order valence-electron chi connectivity index (χ2n) is 2.94. The van der Waals surface area contributed by atoms with Gasteiger partial charge in [0.2, 0.25) is 0 Å². The van der Waals surface area contributed by atoms with Gasteiger partial charge in [0.1, 0.15) is 5.82 Å². The highest BCUT2D eigenvalue weighted by Crippen LogP contribution is 2.07. The third kappa shape index (κ3) is 1.47. The van der Waals surface area contributed by atoms with Gasteiger partial charge in [-0.2, -0.15) is 5.10 Å². The molecular formula is C8H13N3O. The summed E-state index contributed by atoms with van der Waals surface area (Å²) in [5, 5.41) is 6.32. The van der Waals surface area contributed by atoms with Crippen LogP contribution in [-0.4, -0.2) is 14.8 Å². The van der Waals surface area contributed by atoms with Gasteiger partial charge in [-0.05, 0) is 0 Å². The Morgan fingerprint density at radius 1 is 1.75 bits per heavy atom. The Hall–Kier alpha value is -1.32. The summed E-state index contributed by atoms with van der Waals surface area (Å²) in [6, 6.07) is 0. The Morgan fingerprint density at radius 3 is 2.92 bits per heavy atom. The fourth-order valence-electron chi connectivity index (χ4n) is 1.08. The molecule has 0 spiro atoms. The molecule has 1 heterocycles. The van der Waals surface area contributed by atoms with Crippen molar-refractivity contribution >= 4 is 0 Å². The quantitative estimate of drug-likeness (QED) is 0.679. The van der Waals surface area contributed by atoms with E-state index < -0.39 is 0 Å². The smallest absolute Gasteiger partial charge is 0.275 e. The highest BCUT2D eigenvalue weighted by molar-refractivity contribution is 4.94. The molecule has 4 heteroatoms. The van der Waals surface area contributed by atoms with E-state index in [1.807, 2.05) is 13.8 Å². The van der Waals surface area contributed by atoms with Crippen molar-refractivity contribution in [2.45, 2.75) is 26.3 Å². The first-order valence-corrected chi connectivity index (χ1v) is 3.92. The monoisotopic (exact) mass is 167 g/mol. The molecule has 12 heavy (non-hydrogen) atoms. The molecule has 0 aromatic carbocycles. The van der Waals surface area contributed by atoms with Crippen LogP contribution in [0, 0.1) is 0 Å². The summed E-state index contributed by atoms with van der Waals surface area (Å²) in [6.07, 6.45) is 1.68. The molecule has 0 saturated heterocycles. The minimum atomic E-state index is -0.168. The van der Waals surface area contributed by atoms with Crippen LogP contribution < -0.4 is 5.69 Å². The minimum Gasteiger partial charge on any atom is -0.275 e. The lowest BCUT2D eigenvalue weighted by atomic mass is 10.2. The average Bonchev–Trinajstić information content (AvgIpc) is 2.34. The van der Waals surface area contributed by atoms with Gasteiger partial charge < -0.3 is 0 Å². The van der Waals surface area contributed by atoms with Crippen LogP contribution in [-0.2, 0) is 6.54 Å². The maximum absolute atomic E-state index is 11.1. The van der Waals surface area contributed by atoms with Crippen LogP contribution in [0.25, 0.3) is 0 Å². The number of rotatable bonds is 3. The van der Waals surface area contributed by atoms with Crippen LogP contribution in [0.1, 0.15) is 25.6 Å². The number of hydrogen-bond donors (Lipinski definition) is 1. The van der Waals surface area contributed by atoms with Crippen LogP contribution in [0.3, 0.4) is 0 Å². The lowest BCUT2D eigenvalue weighted by molar-refractivity contribution is 0.666. The third-order valence-electron chi connectivity index (χ3n) is 1.62. The normalized spacial score (nSPS) is 10.6. The van der Waals surface area contributed by atoms with Gasteiger partial charge in [-0.25, -0.2) is 9.89 Å². The summed E-state index contributed by atoms with van der Waals surface area (Å²) < 4.78 is 1.58. The highest BCUT2D eigenvalue weighted by Gasteiger charge is 2.09. The van der Waals surface area contributed by atoms with Crippen LogP contribution in [0.15, 0.2) is 17.4 Å². The van der Waals surface area contributed by atoms with Crippen molar-refractivity contribution < 1.29 is 0 Å². The molecule has 0 aliphatic rings. The zero-order valence-corrected chi connectivity index (χ0v) is 7.37. The molecule has 0 aliphatic heterocycles. The van der Waals surface area contributed by atoms with E-state index in [-0.39, 0.29) is 11.6 Å². The summed E-state index contributed by atoms with van der Waals surface area (Å²) in [6.45, 7) is 8.08. The van der Waals surface area contributed by atoms with Gasteiger partial charge in [0.05, 0.1) is 0 Å². The summed E-state index contributed by atoms with van der Waals surface area (Å²) in [7, 11) is 0. The molecular weight excluding hydrogens is 154 g/mol. The van der Waals surface area contributed by atoms with Crippen molar-refractivity contribution in [3.63, 3.8) is 0 Å². The lowest BCUT2D eigenvalue weighted by Gasteiger charge is -2.04.